The van der Waals surface area contributed by atoms with Crippen LogP contribution in [0.2, 0.25) is 0 Å². The quantitative estimate of drug-likeness (QED) is 0.540. The molecule has 0 bridgehead atoms. The molecule has 6 heteroatoms. The summed E-state index contributed by atoms with van der Waals surface area (Å²) in [7, 11) is 0. The molecule has 1 heterocycles. The summed E-state index contributed by atoms with van der Waals surface area (Å²) in [5, 5.41) is 11.8. The molecular formula is C10H14N2O4. The number of aromatic nitrogens is 1. The van der Waals surface area contributed by atoms with Crippen molar-refractivity contribution < 1.29 is 14.7 Å². The Balaban J connectivity index is 2.60. The van der Waals surface area contributed by atoms with Crippen LogP contribution in [0.3, 0.4) is 0 Å². The van der Waals surface area contributed by atoms with Gasteiger partial charge in [0.05, 0.1) is 6.61 Å². The Hall–Kier alpha value is -1.82. The third-order valence-electron chi connectivity index (χ3n) is 1.90. The number of amides is 1. The average molecular weight is 226 g/mol. The summed E-state index contributed by atoms with van der Waals surface area (Å²) in [5.41, 5.74) is -0.735. The zero-order valence-corrected chi connectivity index (χ0v) is 8.97. The Morgan fingerprint density at radius 3 is 3.00 bits per heavy atom. The molecule has 0 aliphatic heterocycles. The maximum absolute atomic E-state index is 11.5. The predicted octanol–water partition coefficient (Wildman–Crippen LogP) is -0.148. The Morgan fingerprint density at radius 2 is 2.31 bits per heavy atom. The van der Waals surface area contributed by atoms with E-state index in [0.29, 0.717) is 24.5 Å². The van der Waals surface area contributed by atoms with E-state index in [4.69, 9.17) is 4.74 Å². The molecule has 0 unspecified atom stereocenters. The Labute approximate surface area is 92.4 Å². The van der Waals surface area contributed by atoms with Gasteiger partial charge in [0.2, 0.25) is 0 Å². The van der Waals surface area contributed by atoms with Gasteiger partial charge in [-0.3, -0.25) is 9.59 Å². The molecule has 88 valence electrons. The van der Waals surface area contributed by atoms with Gasteiger partial charge in [0.15, 0.2) is 0 Å². The predicted molar refractivity (Wildman–Crippen MR) is 56.7 cm³/mol. The van der Waals surface area contributed by atoms with Crippen molar-refractivity contribution >= 4 is 5.91 Å². The lowest BCUT2D eigenvalue weighted by molar-refractivity contribution is 0.0864. The van der Waals surface area contributed by atoms with Gasteiger partial charge in [0.1, 0.15) is 5.69 Å². The molecule has 0 fully saturated rings. The minimum atomic E-state index is -0.641. The molecule has 0 aromatic carbocycles. The van der Waals surface area contributed by atoms with Gasteiger partial charge in [-0.15, -0.1) is 4.73 Å². The zero-order valence-electron chi connectivity index (χ0n) is 8.97. The number of nitrogens with one attached hydrogen (secondary N) is 1. The van der Waals surface area contributed by atoms with Gasteiger partial charge in [-0.1, -0.05) is 6.07 Å². The molecule has 16 heavy (non-hydrogen) atoms. The Morgan fingerprint density at radius 1 is 1.56 bits per heavy atom. The van der Waals surface area contributed by atoms with Crippen molar-refractivity contribution in [3.8, 4) is 0 Å². The summed E-state index contributed by atoms with van der Waals surface area (Å²) in [6.07, 6.45) is 0. The molecule has 0 aliphatic carbocycles. The van der Waals surface area contributed by atoms with Gasteiger partial charge < -0.3 is 15.3 Å². The molecule has 1 amide bonds. The smallest absolute Gasteiger partial charge is 0.283 e. The summed E-state index contributed by atoms with van der Waals surface area (Å²) in [5.74, 6) is -0.514. The van der Waals surface area contributed by atoms with Crippen LogP contribution in [-0.2, 0) is 4.74 Å². The van der Waals surface area contributed by atoms with Gasteiger partial charge >= 0.3 is 0 Å². The molecule has 2 N–H and O–H groups in total. The molecule has 6 nitrogen and oxygen atoms in total. The highest BCUT2D eigenvalue weighted by Gasteiger charge is 2.10. The third-order valence-corrected chi connectivity index (χ3v) is 1.90. The second kappa shape index (κ2) is 5.92. The van der Waals surface area contributed by atoms with E-state index < -0.39 is 11.5 Å². The molecule has 1 aromatic heterocycles. The highest BCUT2D eigenvalue weighted by molar-refractivity contribution is 5.92. The number of hydrogen-bond donors (Lipinski definition) is 2. The fraction of sp³-hybridized carbons (Fsp3) is 0.400. The fourth-order valence-electron chi connectivity index (χ4n) is 1.12. The molecule has 0 atom stereocenters. The van der Waals surface area contributed by atoms with Gasteiger partial charge in [-0.2, -0.15) is 0 Å². The Kier molecular flexibility index (Phi) is 4.53. The summed E-state index contributed by atoms with van der Waals surface area (Å²) in [6, 6.07) is 3.93. The van der Waals surface area contributed by atoms with Crippen LogP contribution in [0.4, 0.5) is 0 Å². The molecule has 0 saturated carbocycles. The lowest BCUT2D eigenvalue weighted by Gasteiger charge is -2.07. The first-order chi connectivity index (χ1) is 7.66. The number of pyridine rings is 1. The SMILES string of the molecule is CCOCCNC(=O)c1cccc(=O)n1O. The highest BCUT2D eigenvalue weighted by atomic mass is 16.5. The maximum atomic E-state index is 11.5. The van der Waals surface area contributed by atoms with Crippen molar-refractivity contribution in [3.05, 3.63) is 34.2 Å². The van der Waals surface area contributed by atoms with Crippen molar-refractivity contribution in [1.82, 2.24) is 10.0 Å². The van der Waals surface area contributed by atoms with Crippen molar-refractivity contribution in [1.29, 1.82) is 0 Å². The highest BCUT2D eigenvalue weighted by Crippen LogP contribution is 1.93. The van der Waals surface area contributed by atoms with Crippen LogP contribution in [0, 0.1) is 0 Å². The number of nitrogens with zero attached hydrogens (tertiary/aromatic N) is 1. The van der Waals surface area contributed by atoms with E-state index >= 15 is 0 Å². The van der Waals surface area contributed by atoms with Crippen molar-refractivity contribution in [2.24, 2.45) is 0 Å². The van der Waals surface area contributed by atoms with E-state index in [9.17, 15) is 14.8 Å². The lowest BCUT2D eigenvalue weighted by atomic mass is 10.3. The van der Waals surface area contributed by atoms with Crippen LogP contribution in [0.1, 0.15) is 17.4 Å². The summed E-state index contributed by atoms with van der Waals surface area (Å²) in [6.45, 7) is 3.15. The van der Waals surface area contributed by atoms with Gasteiger partial charge in [-0.05, 0) is 13.0 Å². The van der Waals surface area contributed by atoms with E-state index in [0.717, 1.165) is 6.07 Å². The van der Waals surface area contributed by atoms with E-state index in [1.807, 2.05) is 6.92 Å². The summed E-state index contributed by atoms with van der Waals surface area (Å²) >= 11 is 0. The Bertz CT molecular complexity index is 414. The fourth-order valence-corrected chi connectivity index (χ4v) is 1.12. The second-order valence-corrected chi connectivity index (χ2v) is 3.01. The van der Waals surface area contributed by atoms with Crippen LogP contribution in [-0.4, -0.2) is 35.6 Å². The summed E-state index contributed by atoms with van der Waals surface area (Å²) in [4.78, 5) is 22.5. The van der Waals surface area contributed by atoms with Gasteiger partial charge in [-0.25, -0.2) is 0 Å². The van der Waals surface area contributed by atoms with E-state index in [-0.39, 0.29) is 5.69 Å². The van der Waals surface area contributed by atoms with Gasteiger partial charge in [0, 0.05) is 19.2 Å². The van der Waals surface area contributed by atoms with Crippen LogP contribution < -0.4 is 10.9 Å². The molecule has 1 aromatic rings. The minimum Gasteiger partial charge on any atom is -0.425 e. The molecule has 0 saturated heterocycles. The van der Waals surface area contributed by atoms with Crippen molar-refractivity contribution in [2.75, 3.05) is 19.8 Å². The molecule has 0 aliphatic rings. The first kappa shape index (κ1) is 12.3. The first-order valence-electron chi connectivity index (χ1n) is 4.94. The monoisotopic (exact) mass is 226 g/mol. The first-order valence-corrected chi connectivity index (χ1v) is 4.94. The topological polar surface area (TPSA) is 80.6 Å². The zero-order chi connectivity index (χ0) is 12.0. The second-order valence-electron chi connectivity index (χ2n) is 3.01. The van der Waals surface area contributed by atoms with Crippen molar-refractivity contribution in [3.63, 3.8) is 0 Å². The number of carbonyl (C=O) groups excluding carboxylic acids is 1. The van der Waals surface area contributed by atoms with Crippen LogP contribution in [0.25, 0.3) is 0 Å². The standard InChI is InChI=1S/C10H14N2O4/c1-2-16-7-6-11-10(14)8-4-3-5-9(13)12(8)15/h3-5,15H,2,6-7H2,1H3,(H,11,14). The average Bonchev–Trinajstić information content (AvgIpc) is 2.28. The van der Waals surface area contributed by atoms with E-state index in [1.54, 1.807) is 0 Å². The van der Waals surface area contributed by atoms with E-state index in [2.05, 4.69) is 5.32 Å². The van der Waals surface area contributed by atoms with Crippen LogP contribution in [0.15, 0.2) is 23.0 Å². The maximum Gasteiger partial charge on any atom is 0.283 e. The number of ether oxygens (including phenoxy) is 1. The number of hydrogen-bond acceptors (Lipinski definition) is 4. The molecule has 0 radical (unpaired) electrons. The van der Waals surface area contributed by atoms with Crippen LogP contribution in [0.5, 0.6) is 0 Å². The number of rotatable bonds is 5. The molecule has 0 spiro atoms. The largest absolute Gasteiger partial charge is 0.425 e. The molecule has 1 rings (SSSR count). The van der Waals surface area contributed by atoms with Gasteiger partial charge in [0.25, 0.3) is 11.5 Å². The van der Waals surface area contributed by atoms with Crippen molar-refractivity contribution in [2.45, 2.75) is 6.92 Å². The molecular weight excluding hydrogens is 212 g/mol. The normalized spacial score (nSPS) is 10.1. The lowest BCUT2D eigenvalue weighted by Crippen LogP contribution is -2.32. The minimum absolute atomic E-state index is 0.0935. The van der Waals surface area contributed by atoms with E-state index in [1.165, 1.54) is 12.1 Å². The van der Waals surface area contributed by atoms with Crippen LogP contribution >= 0.6 is 0 Å². The third kappa shape index (κ3) is 3.09. The number of carbonyl (C=O) groups is 1. The summed E-state index contributed by atoms with van der Waals surface area (Å²) < 4.78 is 5.34.